The Balaban J connectivity index is 1.49. The van der Waals surface area contributed by atoms with Crippen LogP contribution in [0.4, 0.5) is 10.5 Å². The third kappa shape index (κ3) is 4.97. The van der Waals surface area contributed by atoms with Crippen LogP contribution >= 0.6 is 0 Å². The number of nitrogens with one attached hydrogen (secondary N) is 2. The van der Waals surface area contributed by atoms with E-state index in [4.69, 9.17) is 9.47 Å². The minimum atomic E-state index is -0.930. The van der Waals surface area contributed by atoms with Gasteiger partial charge in [0.1, 0.15) is 23.6 Å². The lowest BCUT2D eigenvalue weighted by Gasteiger charge is -2.43. The second-order valence-electron chi connectivity index (χ2n) is 10.4. The van der Waals surface area contributed by atoms with E-state index in [0.717, 1.165) is 28.2 Å². The highest BCUT2D eigenvalue weighted by Gasteiger charge is 2.56. The molecule has 1 aliphatic heterocycles. The topological polar surface area (TPSA) is 97.0 Å². The van der Waals surface area contributed by atoms with E-state index in [0.29, 0.717) is 30.2 Å². The van der Waals surface area contributed by atoms with Gasteiger partial charge in [-0.25, -0.2) is 4.79 Å². The summed E-state index contributed by atoms with van der Waals surface area (Å²) in [6.45, 7) is 5.99. The van der Waals surface area contributed by atoms with Gasteiger partial charge in [0.05, 0.1) is 14.2 Å². The highest BCUT2D eigenvalue weighted by molar-refractivity contribution is 6.10. The number of hydrogen-bond acceptors (Lipinski definition) is 5. The van der Waals surface area contributed by atoms with Gasteiger partial charge in [0.2, 0.25) is 5.91 Å². The maximum absolute atomic E-state index is 13.3. The Morgan fingerprint density at radius 3 is 2.43 bits per heavy atom. The number of benzene rings is 2. The Kier molecular flexibility index (Phi) is 6.49. The summed E-state index contributed by atoms with van der Waals surface area (Å²) >= 11 is 0. The molecule has 2 aliphatic rings. The molecular formula is C27H33N3O5. The number of urea groups is 1. The lowest BCUT2D eigenvalue weighted by atomic mass is 9.64. The predicted molar refractivity (Wildman–Crippen MR) is 133 cm³/mol. The minimum absolute atomic E-state index is 0.0696. The third-order valence-corrected chi connectivity index (χ3v) is 6.81. The largest absolute Gasteiger partial charge is 0.497 e. The van der Waals surface area contributed by atoms with E-state index in [-0.39, 0.29) is 17.9 Å². The van der Waals surface area contributed by atoms with Crippen molar-refractivity contribution in [3.63, 3.8) is 0 Å². The number of amides is 4. The van der Waals surface area contributed by atoms with Crippen molar-refractivity contribution in [3.8, 4) is 22.6 Å². The minimum Gasteiger partial charge on any atom is -0.497 e. The van der Waals surface area contributed by atoms with Crippen molar-refractivity contribution in [3.05, 3.63) is 42.5 Å². The Labute approximate surface area is 206 Å². The van der Waals surface area contributed by atoms with Crippen LogP contribution in [0.5, 0.6) is 11.5 Å². The van der Waals surface area contributed by atoms with Gasteiger partial charge in [-0.05, 0) is 66.5 Å². The number of ether oxygens (including phenoxy) is 2. The van der Waals surface area contributed by atoms with Crippen molar-refractivity contribution in [1.29, 1.82) is 0 Å². The average molecular weight is 480 g/mol. The Hall–Kier alpha value is -3.55. The first-order chi connectivity index (χ1) is 16.6. The summed E-state index contributed by atoms with van der Waals surface area (Å²) in [5.74, 6) is 0.926. The van der Waals surface area contributed by atoms with Crippen LogP contribution in [0, 0.1) is 11.3 Å². The van der Waals surface area contributed by atoms with Crippen molar-refractivity contribution in [2.24, 2.45) is 11.3 Å². The number of hydrogen-bond donors (Lipinski definition) is 2. The van der Waals surface area contributed by atoms with Gasteiger partial charge in [-0.3, -0.25) is 14.5 Å². The van der Waals surface area contributed by atoms with Gasteiger partial charge < -0.3 is 20.1 Å². The summed E-state index contributed by atoms with van der Waals surface area (Å²) in [6.07, 6.45) is 2.14. The number of carbonyl (C=O) groups excluding carboxylic acids is 3. The van der Waals surface area contributed by atoms with Gasteiger partial charge in [-0.2, -0.15) is 0 Å². The fourth-order valence-corrected chi connectivity index (χ4v) is 5.78. The molecule has 2 aromatic rings. The zero-order valence-corrected chi connectivity index (χ0v) is 20.9. The van der Waals surface area contributed by atoms with Crippen LogP contribution in [0.3, 0.4) is 0 Å². The number of carbonyl (C=O) groups is 3. The fraction of sp³-hybridized carbons (Fsp3) is 0.444. The lowest BCUT2D eigenvalue weighted by molar-refractivity contribution is -0.136. The molecule has 1 saturated heterocycles. The molecule has 2 aromatic carbocycles. The number of nitrogens with zero attached hydrogens (tertiary/aromatic N) is 1. The number of rotatable bonds is 6. The molecule has 4 rings (SSSR count). The Morgan fingerprint density at radius 1 is 1.09 bits per heavy atom. The smallest absolute Gasteiger partial charge is 0.325 e. The average Bonchev–Trinajstić information content (AvgIpc) is 3.00. The van der Waals surface area contributed by atoms with Crippen LogP contribution in [-0.2, 0) is 9.59 Å². The van der Waals surface area contributed by atoms with Gasteiger partial charge in [0.25, 0.3) is 5.91 Å². The molecule has 0 aromatic heterocycles. The molecule has 35 heavy (non-hydrogen) atoms. The summed E-state index contributed by atoms with van der Waals surface area (Å²) in [4.78, 5) is 40.0. The fourth-order valence-electron chi connectivity index (χ4n) is 5.78. The third-order valence-electron chi connectivity index (χ3n) is 6.81. The van der Waals surface area contributed by atoms with Crippen LogP contribution in [0.25, 0.3) is 11.1 Å². The maximum atomic E-state index is 13.3. The first-order valence-electron chi connectivity index (χ1n) is 11.8. The second kappa shape index (κ2) is 9.24. The van der Waals surface area contributed by atoms with E-state index in [1.807, 2.05) is 24.3 Å². The number of methoxy groups -OCH3 is 2. The van der Waals surface area contributed by atoms with E-state index in [9.17, 15) is 14.4 Å². The number of anilines is 1. The molecule has 8 nitrogen and oxygen atoms in total. The normalized spacial score (nSPS) is 23.2. The molecule has 2 atom stereocenters. The zero-order chi connectivity index (χ0) is 25.4. The first kappa shape index (κ1) is 24.6. The zero-order valence-electron chi connectivity index (χ0n) is 20.9. The van der Waals surface area contributed by atoms with Crippen LogP contribution < -0.4 is 20.1 Å². The molecule has 8 heteroatoms. The van der Waals surface area contributed by atoms with Gasteiger partial charge in [-0.1, -0.05) is 32.9 Å². The molecule has 0 bridgehead atoms. The van der Waals surface area contributed by atoms with Crippen LogP contribution in [-0.4, -0.2) is 49.0 Å². The molecule has 2 fully saturated rings. The summed E-state index contributed by atoms with van der Waals surface area (Å²) in [5.41, 5.74) is 1.22. The van der Waals surface area contributed by atoms with Crippen molar-refractivity contribution >= 4 is 23.5 Å². The first-order valence-corrected chi connectivity index (χ1v) is 11.8. The van der Waals surface area contributed by atoms with Crippen molar-refractivity contribution in [1.82, 2.24) is 10.2 Å². The van der Waals surface area contributed by atoms with Crippen LogP contribution in [0.15, 0.2) is 42.5 Å². The van der Waals surface area contributed by atoms with E-state index in [1.54, 1.807) is 32.4 Å². The Bertz CT molecular complexity index is 1140. The molecule has 2 N–H and O–H groups in total. The van der Waals surface area contributed by atoms with Gasteiger partial charge in [-0.15, -0.1) is 0 Å². The molecule has 186 valence electrons. The highest BCUT2D eigenvalue weighted by Crippen LogP contribution is 2.46. The molecule has 0 unspecified atom stereocenters. The summed E-state index contributed by atoms with van der Waals surface area (Å²) in [5, 5.41) is 5.73. The van der Waals surface area contributed by atoms with Crippen molar-refractivity contribution in [2.45, 2.75) is 45.6 Å². The van der Waals surface area contributed by atoms with E-state index < -0.39 is 17.5 Å². The number of imide groups is 1. The van der Waals surface area contributed by atoms with E-state index in [1.165, 1.54) is 0 Å². The van der Waals surface area contributed by atoms with Gasteiger partial charge in [0.15, 0.2) is 0 Å². The van der Waals surface area contributed by atoms with Crippen molar-refractivity contribution in [2.75, 3.05) is 26.1 Å². The van der Waals surface area contributed by atoms with E-state index in [2.05, 4.69) is 31.4 Å². The van der Waals surface area contributed by atoms with Gasteiger partial charge >= 0.3 is 6.03 Å². The molecule has 1 heterocycles. The monoisotopic (exact) mass is 479 g/mol. The van der Waals surface area contributed by atoms with E-state index >= 15 is 0 Å². The van der Waals surface area contributed by atoms with Crippen LogP contribution in [0.1, 0.15) is 40.0 Å². The summed E-state index contributed by atoms with van der Waals surface area (Å²) < 4.78 is 10.7. The second-order valence-corrected chi connectivity index (χ2v) is 10.4. The molecule has 1 saturated carbocycles. The summed E-state index contributed by atoms with van der Waals surface area (Å²) in [7, 11) is 3.19. The quantitative estimate of drug-likeness (QED) is 0.597. The molecule has 0 radical (unpaired) electrons. The molecule has 1 aliphatic carbocycles. The molecule has 4 amide bonds. The standard InChI is InChI=1S/C27H33N3O5/c1-17-13-26(2,3)16-27(14-17)24(32)30(25(33)29-27)15-23(31)28-19-8-11-22(35-5)21(12-19)18-6-9-20(34-4)10-7-18/h6-12,17H,13-16H2,1-5H3,(H,28,31)(H,29,33)/t17-,27+/m0/s1. The highest BCUT2D eigenvalue weighted by atomic mass is 16.5. The van der Waals surface area contributed by atoms with Gasteiger partial charge in [0, 0.05) is 11.3 Å². The van der Waals surface area contributed by atoms with Crippen molar-refractivity contribution < 1.29 is 23.9 Å². The lowest BCUT2D eigenvalue weighted by Crippen LogP contribution is -2.54. The molecular weight excluding hydrogens is 446 g/mol. The SMILES string of the molecule is COc1ccc(-c2cc(NC(=O)CN3C(=O)N[C@@]4(C[C@@H](C)CC(C)(C)C4)C3=O)ccc2OC)cc1. The predicted octanol–water partition coefficient (Wildman–Crippen LogP) is 4.45. The maximum Gasteiger partial charge on any atom is 0.325 e. The van der Waals surface area contributed by atoms with Crippen LogP contribution in [0.2, 0.25) is 0 Å². The summed E-state index contributed by atoms with van der Waals surface area (Å²) in [6, 6.07) is 12.3. The molecule has 1 spiro atoms. The Morgan fingerprint density at radius 2 is 1.80 bits per heavy atom.